The number of rotatable bonds is 2. The van der Waals surface area contributed by atoms with Gasteiger partial charge in [0.15, 0.2) is 0 Å². The molecule has 1 aromatic rings. The van der Waals surface area contributed by atoms with Gasteiger partial charge in [-0.1, -0.05) is 37.8 Å². The second kappa shape index (κ2) is 6.19. The molecule has 0 radical (unpaired) electrons. The SMILES string of the molecule is CC1CCCCCC1NC(=O)c1ccc(Cl)nc1. The molecule has 0 spiro atoms. The molecule has 1 aromatic heterocycles. The molecule has 18 heavy (non-hydrogen) atoms. The first-order valence-corrected chi connectivity index (χ1v) is 6.97. The molecular formula is C14H19ClN2O. The second-order valence-corrected chi connectivity index (χ2v) is 5.45. The molecule has 1 heterocycles. The van der Waals surface area contributed by atoms with E-state index in [4.69, 9.17) is 11.6 Å². The molecule has 98 valence electrons. The van der Waals surface area contributed by atoms with Crippen molar-refractivity contribution in [2.24, 2.45) is 5.92 Å². The van der Waals surface area contributed by atoms with Crippen LogP contribution in [0.3, 0.4) is 0 Å². The summed E-state index contributed by atoms with van der Waals surface area (Å²) in [5.41, 5.74) is 0.579. The zero-order valence-electron chi connectivity index (χ0n) is 10.7. The molecular weight excluding hydrogens is 248 g/mol. The first-order chi connectivity index (χ1) is 8.66. The second-order valence-electron chi connectivity index (χ2n) is 5.06. The zero-order valence-corrected chi connectivity index (χ0v) is 11.4. The average molecular weight is 267 g/mol. The molecule has 0 aliphatic heterocycles. The molecule has 0 aromatic carbocycles. The van der Waals surface area contributed by atoms with Gasteiger partial charge in [0, 0.05) is 12.2 Å². The van der Waals surface area contributed by atoms with E-state index in [9.17, 15) is 4.79 Å². The molecule has 1 fully saturated rings. The van der Waals surface area contributed by atoms with E-state index in [1.807, 2.05) is 0 Å². The van der Waals surface area contributed by atoms with Gasteiger partial charge in [-0.05, 0) is 30.9 Å². The van der Waals surface area contributed by atoms with Crippen LogP contribution >= 0.6 is 11.6 Å². The number of hydrogen-bond donors (Lipinski definition) is 1. The van der Waals surface area contributed by atoms with Crippen molar-refractivity contribution in [2.75, 3.05) is 0 Å². The van der Waals surface area contributed by atoms with Crippen molar-refractivity contribution < 1.29 is 4.79 Å². The van der Waals surface area contributed by atoms with Crippen molar-refractivity contribution >= 4 is 17.5 Å². The lowest BCUT2D eigenvalue weighted by Gasteiger charge is -2.22. The largest absolute Gasteiger partial charge is 0.349 e. The predicted octanol–water partition coefficient (Wildman–Crippen LogP) is 3.43. The lowest BCUT2D eigenvalue weighted by atomic mass is 9.97. The van der Waals surface area contributed by atoms with Crippen molar-refractivity contribution in [1.82, 2.24) is 10.3 Å². The van der Waals surface area contributed by atoms with Gasteiger partial charge in [-0.2, -0.15) is 0 Å². The Kier molecular flexibility index (Phi) is 4.59. The van der Waals surface area contributed by atoms with Crippen LogP contribution in [-0.2, 0) is 0 Å². The quantitative estimate of drug-likeness (QED) is 0.658. The number of carbonyl (C=O) groups is 1. The molecule has 0 saturated heterocycles. The number of aromatic nitrogens is 1. The van der Waals surface area contributed by atoms with Gasteiger partial charge in [0.25, 0.3) is 5.91 Å². The smallest absolute Gasteiger partial charge is 0.253 e. The van der Waals surface area contributed by atoms with Gasteiger partial charge in [-0.25, -0.2) is 4.98 Å². The van der Waals surface area contributed by atoms with E-state index in [2.05, 4.69) is 17.2 Å². The fraction of sp³-hybridized carbons (Fsp3) is 0.571. The molecule has 0 bridgehead atoms. The van der Waals surface area contributed by atoms with E-state index in [-0.39, 0.29) is 11.9 Å². The maximum atomic E-state index is 12.1. The molecule has 1 amide bonds. The maximum absolute atomic E-state index is 12.1. The fourth-order valence-corrected chi connectivity index (χ4v) is 2.58. The Morgan fingerprint density at radius 3 is 2.83 bits per heavy atom. The Balaban J connectivity index is 1.99. The molecule has 1 aliphatic carbocycles. The number of amides is 1. The minimum Gasteiger partial charge on any atom is -0.349 e. The summed E-state index contributed by atoms with van der Waals surface area (Å²) in [4.78, 5) is 16.0. The number of halogens is 1. The van der Waals surface area contributed by atoms with Gasteiger partial charge in [0.1, 0.15) is 5.15 Å². The lowest BCUT2D eigenvalue weighted by Crippen LogP contribution is -2.38. The summed E-state index contributed by atoms with van der Waals surface area (Å²) in [5, 5.41) is 3.53. The molecule has 2 unspecified atom stereocenters. The van der Waals surface area contributed by atoms with Crippen LogP contribution in [0.2, 0.25) is 5.15 Å². The van der Waals surface area contributed by atoms with Gasteiger partial charge >= 0.3 is 0 Å². The summed E-state index contributed by atoms with van der Waals surface area (Å²) in [5.74, 6) is 0.509. The monoisotopic (exact) mass is 266 g/mol. The van der Waals surface area contributed by atoms with Gasteiger partial charge < -0.3 is 5.32 Å². The third-order valence-electron chi connectivity index (χ3n) is 3.67. The highest BCUT2D eigenvalue weighted by atomic mass is 35.5. The third-order valence-corrected chi connectivity index (χ3v) is 3.89. The Morgan fingerprint density at radius 1 is 1.33 bits per heavy atom. The van der Waals surface area contributed by atoms with Gasteiger partial charge in [0.05, 0.1) is 5.56 Å². The lowest BCUT2D eigenvalue weighted by molar-refractivity contribution is 0.0921. The van der Waals surface area contributed by atoms with Crippen molar-refractivity contribution in [3.8, 4) is 0 Å². The van der Waals surface area contributed by atoms with E-state index in [1.54, 1.807) is 12.1 Å². The maximum Gasteiger partial charge on any atom is 0.253 e. The van der Waals surface area contributed by atoms with E-state index >= 15 is 0 Å². The molecule has 2 rings (SSSR count). The summed E-state index contributed by atoms with van der Waals surface area (Å²) in [7, 11) is 0. The van der Waals surface area contributed by atoms with Crippen LogP contribution < -0.4 is 5.32 Å². The number of nitrogens with zero attached hydrogens (tertiary/aromatic N) is 1. The van der Waals surface area contributed by atoms with Crippen LogP contribution in [0.1, 0.15) is 49.4 Å². The summed E-state index contributed by atoms with van der Waals surface area (Å²) < 4.78 is 0. The van der Waals surface area contributed by atoms with E-state index in [0.29, 0.717) is 16.6 Å². The van der Waals surface area contributed by atoms with Crippen LogP contribution in [0.25, 0.3) is 0 Å². The number of carbonyl (C=O) groups excluding carboxylic acids is 1. The topological polar surface area (TPSA) is 42.0 Å². The Labute approximate surface area is 113 Å². The van der Waals surface area contributed by atoms with Crippen molar-refractivity contribution in [3.63, 3.8) is 0 Å². The number of hydrogen-bond acceptors (Lipinski definition) is 2. The first-order valence-electron chi connectivity index (χ1n) is 6.59. The summed E-state index contributed by atoms with van der Waals surface area (Å²) in [6.07, 6.45) is 7.56. The van der Waals surface area contributed by atoms with Gasteiger partial charge in [-0.3, -0.25) is 4.79 Å². The zero-order chi connectivity index (χ0) is 13.0. The predicted molar refractivity (Wildman–Crippen MR) is 72.8 cm³/mol. The molecule has 3 nitrogen and oxygen atoms in total. The summed E-state index contributed by atoms with van der Waals surface area (Å²) in [6, 6.07) is 3.65. The average Bonchev–Trinajstić information content (AvgIpc) is 2.56. The minimum absolute atomic E-state index is 0.0436. The molecule has 1 N–H and O–H groups in total. The third kappa shape index (κ3) is 3.45. The highest BCUT2D eigenvalue weighted by molar-refractivity contribution is 6.29. The number of nitrogens with one attached hydrogen (secondary N) is 1. The summed E-state index contributed by atoms with van der Waals surface area (Å²) >= 11 is 5.71. The summed E-state index contributed by atoms with van der Waals surface area (Å²) in [6.45, 7) is 2.22. The molecule has 4 heteroatoms. The van der Waals surface area contributed by atoms with Crippen LogP contribution in [0.5, 0.6) is 0 Å². The Hall–Kier alpha value is -1.09. The van der Waals surface area contributed by atoms with E-state index in [0.717, 1.165) is 6.42 Å². The molecule has 1 saturated carbocycles. The van der Waals surface area contributed by atoms with E-state index in [1.165, 1.54) is 31.9 Å². The van der Waals surface area contributed by atoms with Crippen LogP contribution in [0.15, 0.2) is 18.3 Å². The highest BCUT2D eigenvalue weighted by Gasteiger charge is 2.22. The normalized spacial score (nSPS) is 24.3. The minimum atomic E-state index is -0.0436. The first kappa shape index (κ1) is 13.3. The number of pyridine rings is 1. The van der Waals surface area contributed by atoms with E-state index < -0.39 is 0 Å². The van der Waals surface area contributed by atoms with Crippen molar-refractivity contribution in [1.29, 1.82) is 0 Å². The Morgan fingerprint density at radius 2 is 2.11 bits per heavy atom. The standard InChI is InChI=1S/C14H19ClN2O/c1-10-5-3-2-4-6-12(10)17-14(18)11-7-8-13(15)16-9-11/h7-10,12H,2-6H2,1H3,(H,17,18). The van der Waals surface area contributed by atoms with Crippen molar-refractivity contribution in [3.05, 3.63) is 29.0 Å². The van der Waals surface area contributed by atoms with Crippen LogP contribution in [-0.4, -0.2) is 16.9 Å². The Bertz CT molecular complexity index is 405. The van der Waals surface area contributed by atoms with Crippen LogP contribution in [0.4, 0.5) is 0 Å². The fourth-order valence-electron chi connectivity index (χ4n) is 2.47. The van der Waals surface area contributed by atoms with Gasteiger partial charge in [-0.15, -0.1) is 0 Å². The molecule has 2 atom stereocenters. The van der Waals surface area contributed by atoms with Crippen molar-refractivity contribution in [2.45, 2.75) is 45.1 Å². The van der Waals surface area contributed by atoms with Gasteiger partial charge in [0.2, 0.25) is 0 Å². The molecule has 1 aliphatic rings. The van der Waals surface area contributed by atoms with Crippen LogP contribution in [0, 0.1) is 5.92 Å². The highest BCUT2D eigenvalue weighted by Crippen LogP contribution is 2.23.